The molecule has 0 bridgehead atoms. The number of anilines is 1. The number of aryl methyl sites for hydroxylation is 1. The quantitative estimate of drug-likeness (QED) is 0.663. The lowest BCUT2D eigenvalue weighted by Crippen LogP contribution is -2.04. The van der Waals surface area contributed by atoms with Crippen molar-refractivity contribution in [3.63, 3.8) is 0 Å². The van der Waals surface area contributed by atoms with Gasteiger partial charge in [-0.05, 0) is 25.1 Å². The van der Waals surface area contributed by atoms with Crippen LogP contribution < -0.4 is 5.32 Å². The number of benzene rings is 2. The second-order valence-electron chi connectivity index (χ2n) is 4.37. The molecule has 0 aliphatic heterocycles. The molecule has 2 aromatic rings. The molecule has 0 fully saturated rings. The summed E-state index contributed by atoms with van der Waals surface area (Å²) in [6, 6.07) is 9.49. The molecule has 6 heteroatoms. The first kappa shape index (κ1) is 14.5. The molecular formula is C14H12BrFN2O2. The van der Waals surface area contributed by atoms with Crippen LogP contribution in [0.3, 0.4) is 0 Å². The minimum atomic E-state index is -0.473. The molecule has 0 atom stereocenters. The number of hydrogen-bond acceptors (Lipinski definition) is 3. The average Bonchev–Trinajstić information content (AvgIpc) is 2.40. The Morgan fingerprint density at radius 1 is 1.30 bits per heavy atom. The first-order valence-corrected chi connectivity index (χ1v) is 6.69. The highest BCUT2D eigenvalue weighted by Crippen LogP contribution is 2.28. The van der Waals surface area contributed by atoms with Crippen molar-refractivity contribution in [1.29, 1.82) is 0 Å². The van der Waals surface area contributed by atoms with E-state index in [4.69, 9.17) is 0 Å². The summed E-state index contributed by atoms with van der Waals surface area (Å²) in [6.07, 6.45) is 0. The van der Waals surface area contributed by atoms with Gasteiger partial charge in [-0.15, -0.1) is 0 Å². The number of nitro groups is 1. The van der Waals surface area contributed by atoms with E-state index in [1.165, 1.54) is 12.1 Å². The summed E-state index contributed by atoms with van der Waals surface area (Å²) in [5.74, 6) is -0.331. The van der Waals surface area contributed by atoms with Crippen LogP contribution in [0.1, 0.15) is 11.1 Å². The van der Waals surface area contributed by atoms with Crippen molar-refractivity contribution in [3.8, 4) is 0 Å². The van der Waals surface area contributed by atoms with E-state index in [2.05, 4.69) is 21.2 Å². The van der Waals surface area contributed by atoms with Gasteiger partial charge in [0.05, 0.1) is 4.92 Å². The van der Waals surface area contributed by atoms with Crippen LogP contribution in [0.2, 0.25) is 0 Å². The molecule has 0 heterocycles. The van der Waals surface area contributed by atoms with Gasteiger partial charge in [-0.1, -0.05) is 33.6 Å². The largest absolute Gasteiger partial charge is 0.375 e. The fourth-order valence-corrected chi connectivity index (χ4v) is 2.18. The third-order valence-corrected chi connectivity index (χ3v) is 3.32. The normalized spacial score (nSPS) is 10.3. The molecule has 0 unspecified atom stereocenters. The maximum absolute atomic E-state index is 13.6. The topological polar surface area (TPSA) is 55.2 Å². The summed E-state index contributed by atoms with van der Waals surface area (Å²) >= 11 is 3.19. The van der Waals surface area contributed by atoms with Gasteiger partial charge < -0.3 is 5.32 Å². The third kappa shape index (κ3) is 3.33. The van der Waals surface area contributed by atoms with Gasteiger partial charge in [0, 0.05) is 22.6 Å². The molecule has 0 saturated carbocycles. The summed E-state index contributed by atoms with van der Waals surface area (Å²) in [7, 11) is 0. The highest BCUT2D eigenvalue weighted by molar-refractivity contribution is 9.10. The van der Waals surface area contributed by atoms with Crippen LogP contribution >= 0.6 is 15.9 Å². The van der Waals surface area contributed by atoms with Gasteiger partial charge in [0.1, 0.15) is 11.5 Å². The van der Waals surface area contributed by atoms with E-state index < -0.39 is 4.92 Å². The maximum Gasteiger partial charge on any atom is 0.293 e. The van der Waals surface area contributed by atoms with E-state index in [1.807, 2.05) is 6.92 Å². The average molecular weight is 339 g/mol. The minimum Gasteiger partial charge on any atom is -0.375 e. The fourth-order valence-electron chi connectivity index (χ4n) is 1.83. The number of hydrogen-bond donors (Lipinski definition) is 1. The van der Waals surface area contributed by atoms with Crippen LogP contribution in [-0.2, 0) is 6.54 Å². The van der Waals surface area contributed by atoms with Gasteiger partial charge in [-0.2, -0.15) is 0 Å². The second-order valence-corrected chi connectivity index (χ2v) is 5.28. The Balaban J connectivity index is 2.23. The molecule has 4 nitrogen and oxygen atoms in total. The lowest BCUT2D eigenvalue weighted by atomic mass is 10.1. The van der Waals surface area contributed by atoms with Crippen molar-refractivity contribution < 1.29 is 9.31 Å². The molecule has 0 spiro atoms. The Kier molecular flexibility index (Phi) is 4.34. The molecule has 0 aliphatic rings. The zero-order chi connectivity index (χ0) is 14.7. The standard InChI is InChI=1S/C14H12BrFN2O2/c1-9-2-4-12(16)10(6-9)8-17-13-5-3-11(15)7-14(13)18(19)20/h2-7,17H,8H2,1H3. The van der Waals surface area contributed by atoms with Crippen molar-refractivity contribution in [2.45, 2.75) is 13.5 Å². The van der Waals surface area contributed by atoms with E-state index in [9.17, 15) is 14.5 Å². The van der Waals surface area contributed by atoms with Gasteiger partial charge in [0.25, 0.3) is 5.69 Å². The molecule has 1 N–H and O–H groups in total. The Morgan fingerprint density at radius 3 is 2.75 bits per heavy atom. The third-order valence-electron chi connectivity index (χ3n) is 2.83. The van der Waals surface area contributed by atoms with Crippen LogP contribution in [-0.4, -0.2) is 4.92 Å². The zero-order valence-electron chi connectivity index (χ0n) is 10.7. The Hall–Kier alpha value is -1.95. The van der Waals surface area contributed by atoms with E-state index in [-0.39, 0.29) is 18.0 Å². The van der Waals surface area contributed by atoms with Crippen LogP contribution in [0.5, 0.6) is 0 Å². The molecular weight excluding hydrogens is 327 g/mol. The monoisotopic (exact) mass is 338 g/mol. The highest BCUT2D eigenvalue weighted by Gasteiger charge is 2.14. The van der Waals surface area contributed by atoms with Gasteiger partial charge in [-0.3, -0.25) is 10.1 Å². The first-order valence-electron chi connectivity index (χ1n) is 5.90. The van der Waals surface area contributed by atoms with Gasteiger partial charge in [0.2, 0.25) is 0 Å². The highest BCUT2D eigenvalue weighted by atomic mass is 79.9. The van der Waals surface area contributed by atoms with Crippen molar-refractivity contribution in [1.82, 2.24) is 0 Å². The molecule has 20 heavy (non-hydrogen) atoms. The summed E-state index contributed by atoms with van der Waals surface area (Å²) < 4.78 is 14.2. The lowest BCUT2D eigenvalue weighted by molar-refractivity contribution is -0.384. The molecule has 0 radical (unpaired) electrons. The number of nitrogens with one attached hydrogen (secondary N) is 1. The SMILES string of the molecule is Cc1ccc(F)c(CNc2ccc(Br)cc2[N+](=O)[O-])c1. The number of rotatable bonds is 4. The predicted molar refractivity (Wildman–Crippen MR) is 79.3 cm³/mol. The number of nitrogens with zero attached hydrogens (tertiary/aromatic N) is 1. The van der Waals surface area contributed by atoms with Crippen LogP contribution in [0, 0.1) is 22.9 Å². The molecule has 0 saturated heterocycles. The van der Waals surface area contributed by atoms with E-state index >= 15 is 0 Å². The van der Waals surface area contributed by atoms with Crippen LogP contribution in [0.15, 0.2) is 40.9 Å². The summed E-state index contributed by atoms with van der Waals surface area (Å²) in [5.41, 5.74) is 1.72. The van der Waals surface area contributed by atoms with Crippen molar-refractivity contribution in [3.05, 3.63) is 67.9 Å². The lowest BCUT2D eigenvalue weighted by Gasteiger charge is -2.09. The van der Waals surface area contributed by atoms with E-state index in [0.29, 0.717) is 15.7 Å². The molecule has 2 aromatic carbocycles. The molecule has 2 rings (SSSR count). The number of halogens is 2. The smallest absolute Gasteiger partial charge is 0.293 e. The Morgan fingerprint density at radius 2 is 2.05 bits per heavy atom. The molecule has 0 aromatic heterocycles. The van der Waals surface area contributed by atoms with E-state index in [0.717, 1.165) is 5.56 Å². The van der Waals surface area contributed by atoms with Crippen molar-refractivity contribution in [2.24, 2.45) is 0 Å². The van der Waals surface area contributed by atoms with E-state index in [1.54, 1.807) is 24.3 Å². The van der Waals surface area contributed by atoms with Gasteiger partial charge in [0.15, 0.2) is 0 Å². The second kappa shape index (κ2) is 6.00. The maximum atomic E-state index is 13.6. The number of nitro benzene ring substituents is 1. The summed E-state index contributed by atoms with van der Waals surface area (Å²) in [5, 5.41) is 13.9. The van der Waals surface area contributed by atoms with Crippen molar-refractivity contribution in [2.75, 3.05) is 5.32 Å². The molecule has 104 valence electrons. The summed E-state index contributed by atoms with van der Waals surface area (Å²) in [6.45, 7) is 2.06. The Bertz CT molecular complexity index is 662. The molecule has 0 amide bonds. The fraction of sp³-hybridized carbons (Fsp3) is 0.143. The van der Waals surface area contributed by atoms with Gasteiger partial charge >= 0.3 is 0 Å². The molecule has 0 aliphatic carbocycles. The Labute approximate surface area is 123 Å². The van der Waals surface area contributed by atoms with Crippen LogP contribution in [0.4, 0.5) is 15.8 Å². The predicted octanol–water partition coefficient (Wildman–Crippen LogP) is 4.42. The first-order chi connectivity index (χ1) is 9.47. The zero-order valence-corrected chi connectivity index (χ0v) is 12.3. The summed E-state index contributed by atoms with van der Waals surface area (Å²) in [4.78, 5) is 10.5. The van der Waals surface area contributed by atoms with Crippen molar-refractivity contribution >= 4 is 27.3 Å². The minimum absolute atomic E-state index is 0.0487. The van der Waals surface area contributed by atoms with Crippen LogP contribution in [0.25, 0.3) is 0 Å². The van der Waals surface area contributed by atoms with Gasteiger partial charge in [-0.25, -0.2) is 4.39 Å².